The molecule has 0 spiro atoms. The summed E-state index contributed by atoms with van der Waals surface area (Å²) in [5.41, 5.74) is 2.19. The van der Waals surface area contributed by atoms with Crippen LogP contribution in [-0.2, 0) is 0 Å². The Kier molecular flexibility index (Phi) is 5.90. The molecule has 0 fully saturated rings. The molecule has 1 heteroatoms. The Hall–Kier alpha value is -1.08. The first-order valence-electron chi connectivity index (χ1n) is 4.44. The molecule has 0 unspecified atom stereocenters. The van der Waals surface area contributed by atoms with Crippen molar-refractivity contribution in [2.45, 2.75) is 26.9 Å². The Labute approximate surface area is 80.8 Å². The van der Waals surface area contributed by atoms with Gasteiger partial charge in [-0.15, -0.1) is 0 Å². The van der Waals surface area contributed by atoms with E-state index in [-0.39, 0.29) is 0 Å². The van der Waals surface area contributed by atoms with Crippen LogP contribution in [0.1, 0.15) is 20.8 Å². The summed E-state index contributed by atoms with van der Waals surface area (Å²) in [6, 6.07) is 0. The number of hydrogen-bond donors (Lipinski definition) is 1. The summed E-state index contributed by atoms with van der Waals surface area (Å²) in [4.78, 5) is 0. The highest BCUT2D eigenvalue weighted by molar-refractivity contribution is 5.38. The summed E-state index contributed by atoms with van der Waals surface area (Å²) in [6.45, 7) is 9.43. The van der Waals surface area contributed by atoms with Crippen LogP contribution in [-0.4, -0.2) is 11.2 Å². The van der Waals surface area contributed by atoms with E-state index < -0.39 is 6.10 Å². The Morgan fingerprint density at radius 3 is 2.38 bits per heavy atom. The Morgan fingerprint density at radius 1 is 1.38 bits per heavy atom. The third-order valence-corrected chi connectivity index (χ3v) is 1.65. The molecule has 0 amide bonds. The fourth-order valence-corrected chi connectivity index (χ4v) is 0.950. The van der Waals surface area contributed by atoms with E-state index in [2.05, 4.69) is 6.58 Å². The number of rotatable bonds is 4. The monoisotopic (exact) mass is 178 g/mol. The van der Waals surface area contributed by atoms with E-state index in [9.17, 15) is 0 Å². The lowest BCUT2D eigenvalue weighted by molar-refractivity contribution is 0.244. The summed E-state index contributed by atoms with van der Waals surface area (Å²) in [5, 5.41) is 9.05. The molecule has 0 bridgehead atoms. The van der Waals surface area contributed by atoms with Crippen LogP contribution >= 0.6 is 0 Å². The zero-order chi connectivity index (χ0) is 10.3. The molecule has 0 aliphatic heterocycles. The molecule has 0 aliphatic carbocycles. The van der Waals surface area contributed by atoms with Crippen LogP contribution in [0.4, 0.5) is 0 Å². The molecular weight excluding hydrogens is 160 g/mol. The summed E-state index contributed by atoms with van der Waals surface area (Å²) >= 11 is 0. The van der Waals surface area contributed by atoms with Gasteiger partial charge < -0.3 is 5.11 Å². The zero-order valence-corrected chi connectivity index (χ0v) is 8.62. The fourth-order valence-electron chi connectivity index (χ4n) is 0.950. The van der Waals surface area contributed by atoms with Gasteiger partial charge in [-0.2, -0.15) is 0 Å². The van der Waals surface area contributed by atoms with Crippen molar-refractivity contribution in [2.24, 2.45) is 0 Å². The van der Waals surface area contributed by atoms with Gasteiger partial charge in [0, 0.05) is 0 Å². The van der Waals surface area contributed by atoms with Crippen molar-refractivity contribution in [3.05, 3.63) is 48.1 Å². The van der Waals surface area contributed by atoms with Crippen molar-refractivity contribution >= 4 is 0 Å². The van der Waals surface area contributed by atoms with E-state index in [4.69, 9.17) is 5.11 Å². The van der Waals surface area contributed by atoms with Crippen LogP contribution < -0.4 is 0 Å². The van der Waals surface area contributed by atoms with E-state index in [1.807, 2.05) is 32.1 Å². The topological polar surface area (TPSA) is 20.2 Å². The second kappa shape index (κ2) is 6.44. The van der Waals surface area contributed by atoms with Gasteiger partial charge in [0.05, 0.1) is 6.10 Å². The van der Waals surface area contributed by atoms with Crippen LogP contribution in [0.5, 0.6) is 0 Å². The molecular formula is C12H18O. The van der Waals surface area contributed by atoms with Crippen molar-refractivity contribution in [1.82, 2.24) is 0 Å². The fraction of sp³-hybridized carbons (Fsp3) is 0.333. The largest absolute Gasteiger partial charge is 0.389 e. The molecule has 0 rings (SSSR count). The quantitative estimate of drug-likeness (QED) is 0.656. The van der Waals surface area contributed by atoms with Crippen LogP contribution in [0.3, 0.4) is 0 Å². The molecule has 0 saturated heterocycles. The van der Waals surface area contributed by atoms with Gasteiger partial charge in [-0.05, 0) is 31.9 Å². The van der Waals surface area contributed by atoms with Gasteiger partial charge in [0.1, 0.15) is 0 Å². The first-order chi connectivity index (χ1) is 6.11. The van der Waals surface area contributed by atoms with E-state index in [1.165, 1.54) is 0 Å². The molecule has 0 aromatic heterocycles. The maximum atomic E-state index is 9.05. The molecule has 13 heavy (non-hydrogen) atoms. The van der Waals surface area contributed by atoms with Crippen LogP contribution in [0, 0.1) is 0 Å². The highest BCUT2D eigenvalue weighted by atomic mass is 16.3. The molecule has 0 aliphatic rings. The first-order valence-corrected chi connectivity index (χ1v) is 4.44. The molecule has 72 valence electrons. The van der Waals surface area contributed by atoms with Crippen LogP contribution in [0.15, 0.2) is 48.1 Å². The van der Waals surface area contributed by atoms with Gasteiger partial charge in [-0.3, -0.25) is 0 Å². The molecule has 0 aromatic carbocycles. The van der Waals surface area contributed by atoms with E-state index in [0.29, 0.717) is 0 Å². The minimum absolute atomic E-state index is 0.409. The summed E-state index contributed by atoms with van der Waals surface area (Å²) in [6.07, 6.45) is 9.00. The van der Waals surface area contributed by atoms with E-state index in [0.717, 1.165) is 11.1 Å². The third-order valence-electron chi connectivity index (χ3n) is 1.65. The average molecular weight is 178 g/mol. The van der Waals surface area contributed by atoms with Gasteiger partial charge in [-0.25, -0.2) is 0 Å². The summed E-state index contributed by atoms with van der Waals surface area (Å²) in [7, 11) is 0. The normalized spacial score (nSPS) is 16.3. The van der Waals surface area contributed by atoms with Crippen molar-refractivity contribution in [2.75, 3.05) is 0 Å². The molecule has 0 radical (unpaired) electrons. The summed E-state index contributed by atoms with van der Waals surface area (Å²) in [5.74, 6) is 0. The zero-order valence-electron chi connectivity index (χ0n) is 8.62. The Bertz CT molecular complexity index is 242. The molecule has 1 N–H and O–H groups in total. The van der Waals surface area contributed by atoms with Crippen molar-refractivity contribution in [3.8, 4) is 0 Å². The SMILES string of the molecule is C=CC(/C=C/[C@H](C)O)=C(C)\C=C/C. The van der Waals surface area contributed by atoms with Gasteiger partial charge in [-0.1, -0.05) is 37.0 Å². The predicted molar refractivity (Wildman–Crippen MR) is 58.5 cm³/mol. The first kappa shape index (κ1) is 11.9. The maximum Gasteiger partial charge on any atom is 0.0696 e. The van der Waals surface area contributed by atoms with E-state index in [1.54, 1.807) is 19.1 Å². The molecule has 1 nitrogen and oxygen atoms in total. The maximum absolute atomic E-state index is 9.05. The Morgan fingerprint density at radius 2 is 2.00 bits per heavy atom. The lowest BCUT2D eigenvalue weighted by atomic mass is 10.1. The van der Waals surface area contributed by atoms with Crippen molar-refractivity contribution in [3.63, 3.8) is 0 Å². The lowest BCUT2D eigenvalue weighted by Gasteiger charge is -1.99. The third kappa shape index (κ3) is 5.21. The number of hydrogen-bond acceptors (Lipinski definition) is 1. The number of aliphatic hydroxyl groups excluding tert-OH is 1. The molecule has 0 heterocycles. The second-order valence-electron chi connectivity index (χ2n) is 2.94. The predicted octanol–water partition coefficient (Wildman–Crippen LogP) is 3.00. The van der Waals surface area contributed by atoms with Gasteiger partial charge in [0.25, 0.3) is 0 Å². The smallest absolute Gasteiger partial charge is 0.0696 e. The highest BCUT2D eigenvalue weighted by Gasteiger charge is 1.91. The minimum atomic E-state index is -0.409. The van der Waals surface area contributed by atoms with Crippen molar-refractivity contribution in [1.29, 1.82) is 0 Å². The van der Waals surface area contributed by atoms with Gasteiger partial charge >= 0.3 is 0 Å². The molecule has 0 aromatic rings. The molecule has 1 atom stereocenters. The minimum Gasteiger partial charge on any atom is -0.389 e. The van der Waals surface area contributed by atoms with E-state index >= 15 is 0 Å². The second-order valence-corrected chi connectivity index (χ2v) is 2.94. The summed E-state index contributed by atoms with van der Waals surface area (Å²) < 4.78 is 0. The lowest BCUT2D eigenvalue weighted by Crippen LogP contribution is -1.92. The standard InChI is InChI=1S/C12H18O/c1-5-7-10(3)12(6-2)9-8-11(4)13/h5-9,11,13H,2H2,1,3-4H3/b7-5-,9-8+,12-10+/t11-/m0/s1. The molecule has 0 saturated carbocycles. The van der Waals surface area contributed by atoms with Gasteiger partial charge in [0.15, 0.2) is 0 Å². The number of allylic oxidation sites excluding steroid dienone is 6. The van der Waals surface area contributed by atoms with Crippen LogP contribution in [0.25, 0.3) is 0 Å². The average Bonchev–Trinajstić information content (AvgIpc) is 2.05. The van der Waals surface area contributed by atoms with Crippen LogP contribution in [0.2, 0.25) is 0 Å². The Balaban J connectivity index is 4.68. The van der Waals surface area contributed by atoms with Gasteiger partial charge in [0.2, 0.25) is 0 Å². The highest BCUT2D eigenvalue weighted by Crippen LogP contribution is 2.08. The van der Waals surface area contributed by atoms with Crippen molar-refractivity contribution < 1.29 is 5.11 Å². The number of aliphatic hydroxyl groups is 1.